The van der Waals surface area contributed by atoms with E-state index >= 15 is 0 Å². The molecule has 4 fully saturated rings. The summed E-state index contributed by atoms with van der Waals surface area (Å²) < 4.78 is 0. The lowest BCUT2D eigenvalue weighted by Gasteiger charge is -2.61. The lowest BCUT2D eigenvalue weighted by molar-refractivity contribution is -0.123. The molecule has 0 aliphatic heterocycles. The Hall–Kier alpha value is -1.16. The standard InChI is InChI=1S/C22H31NO3/c1-19-12-16(23-26)17(24)10-18(19)22(8-9-22)11-13-14(19)4-6-20(2)15(13)5-7-21(20,3)25/h10,13-15,25-26H,4-9,11-12H2,1-3H3/t13-,14+,15+,19-,20+,21+/m1/s1. The van der Waals surface area contributed by atoms with Gasteiger partial charge in [0.2, 0.25) is 5.78 Å². The third-order valence-corrected chi connectivity index (χ3v) is 9.70. The van der Waals surface area contributed by atoms with Crippen LogP contribution in [0, 0.1) is 34.0 Å². The molecule has 0 bridgehead atoms. The monoisotopic (exact) mass is 357 g/mol. The summed E-state index contributed by atoms with van der Waals surface area (Å²) in [4.78, 5) is 12.4. The summed E-state index contributed by atoms with van der Waals surface area (Å²) in [6, 6.07) is 0. The Morgan fingerprint density at radius 2 is 1.77 bits per heavy atom. The van der Waals surface area contributed by atoms with Crippen LogP contribution in [0.3, 0.4) is 0 Å². The Balaban J connectivity index is 1.61. The molecule has 4 saturated carbocycles. The normalized spacial score (nSPS) is 53.1. The predicted octanol–water partition coefficient (Wildman–Crippen LogP) is 4.10. The number of hydrogen-bond donors (Lipinski definition) is 2. The first-order valence-electron chi connectivity index (χ1n) is 10.4. The van der Waals surface area contributed by atoms with Crippen molar-refractivity contribution in [1.29, 1.82) is 0 Å². The third kappa shape index (κ3) is 1.85. The first kappa shape index (κ1) is 17.0. The number of rotatable bonds is 0. The number of oxime groups is 1. The summed E-state index contributed by atoms with van der Waals surface area (Å²) >= 11 is 0. The molecule has 6 atom stereocenters. The van der Waals surface area contributed by atoms with Crippen LogP contribution in [-0.2, 0) is 4.79 Å². The van der Waals surface area contributed by atoms with Gasteiger partial charge < -0.3 is 10.3 Å². The van der Waals surface area contributed by atoms with Gasteiger partial charge in [-0.3, -0.25) is 4.79 Å². The van der Waals surface area contributed by atoms with Gasteiger partial charge in [-0.2, -0.15) is 0 Å². The Morgan fingerprint density at radius 1 is 1.08 bits per heavy atom. The second kappa shape index (κ2) is 4.81. The second-order valence-corrected chi connectivity index (χ2v) is 10.7. The van der Waals surface area contributed by atoms with Crippen LogP contribution in [0.5, 0.6) is 0 Å². The minimum absolute atomic E-state index is 0.0141. The van der Waals surface area contributed by atoms with Gasteiger partial charge in [0.1, 0.15) is 5.71 Å². The van der Waals surface area contributed by atoms with Crippen molar-refractivity contribution in [3.8, 4) is 0 Å². The maximum Gasteiger partial charge on any atom is 0.203 e. The van der Waals surface area contributed by atoms with Crippen LogP contribution in [0.4, 0.5) is 0 Å². The lowest BCUT2D eigenvalue weighted by Crippen LogP contribution is -2.56. The SMILES string of the molecule is C[C@]12CC(=NO)C(=O)C=C1C1(CC1)C[C@@H]1[C@@H]2CC[C@@]2(C)[C@H]1CC[C@]2(C)O. The van der Waals surface area contributed by atoms with Crippen molar-refractivity contribution in [2.24, 2.45) is 39.2 Å². The minimum Gasteiger partial charge on any atom is -0.411 e. The van der Waals surface area contributed by atoms with Gasteiger partial charge in [-0.15, -0.1) is 0 Å². The molecular weight excluding hydrogens is 326 g/mol. The number of carbonyl (C=O) groups is 1. The van der Waals surface area contributed by atoms with Crippen LogP contribution >= 0.6 is 0 Å². The first-order chi connectivity index (χ1) is 12.2. The molecule has 2 N–H and O–H groups in total. The van der Waals surface area contributed by atoms with E-state index < -0.39 is 5.60 Å². The van der Waals surface area contributed by atoms with Crippen LogP contribution in [-0.4, -0.2) is 27.4 Å². The van der Waals surface area contributed by atoms with E-state index in [-0.39, 0.29) is 22.0 Å². The number of fused-ring (bicyclic) bond motifs is 6. The summed E-state index contributed by atoms with van der Waals surface area (Å²) in [6.07, 6.45) is 10.2. The molecule has 0 aromatic carbocycles. The summed E-state index contributed by atoms with van der Waals surface area (Å²) in [5.41, 5.74) is 1.29. The number of ketones is 1. The van der Waals surface area contributed by atoms with Crippen molar-refractivity contribution in [2.45, 2.75) is 77.7 Å². The molecule has 0 unspecified atom stereocenters. The van der Waals surface area contributed by atoms with Crippen LogP contribution in [0.2, 0.25) is 0 Å². The Labute approximate surface area is 155 Å². The highest BCUT2D eigenvalue weighted by molar-refractivity contribution is 6.45. The van der Waals surface area contributed by atoms with Gasteiger partial charge in [0.05, 0.1) is 5.60 Å². The molecule has 5 aliphatic carbocycles. The van der Waals surface area contributed by atoms with E-state index in [0.29, 0.717) is 29.9 Å². The molecule has 5 rings (SSSR count). The molecule has 4 nitrogen and oxygen atoms in total. The number of hydrogen-bond acceptors (Lipinski definition) is 4. The maximum atomic E-state index is 12.4. The highest BCUT2D eigenvalue weighted by atomic mass is 16.4. The van der Waals surface area contributed by atoms with Crippen molar-refractivity contribution in [2.75, 3.05) is 0 Å². The average Bonchev–Trinajstić information content (AvgIpc) is 3.30. The van der Waals surface area contributed by atoms with Crippen molar-refractivity contribution >= 4 is 11.5 Å². The molecule has 26 heavy (non-hydrogen) atoms. The van der Waals surface area contributed by atoms with E-state index in [1.807, 2.05) is 13.0 Å². The number of carbonyl (C=O) groups excluding carboxylic acids is 1. The largest absolute Gasteiger partial charge is 0.411 e. The highest BCUT2D eigenvalue weighted by Crippen LogP contribution is 2.74. The average molecular weight is 357 g/mol. The zero-order valence-electron chi connectivity index (χ0n) is 16.2. The fourth-order valence-corrected chi connectivity index (χ4v) is 7.88. The first-order valence-corrected chi connectivity index (χ1v) is 10.4. The van der Waals surface area contributed by atoms with Crippen LogP contribution in [0.25, 0.3) is 0 Å². The molecule has 4 heteroatoms. The van der Waals surface area contributed by atoms with Gasteiger partial charge in [0.25, 0.3) is 0 Å². The minimum atomic E-state index is -0.559. The summed E-state index contributed by atoms with van der Waals surface area (Å²) in [5, 5.41) is 23.8. The van der Waals surface area contributed by atoms with E-state index in [4.69, 9.17) is 0 Å². The van der Waals surface area contributed by atoms with E-state index in [0.717, 1.165) is 25.7 Å². The highest BCUT2D eigenvalue weighted by Gasteiger charge is 2.68. The predicted molar refractivity (Wildman–Crippen MR) is 99.0 cm³/mol. The van der Waals surface area contributed by atoms with Gasteiger partial charge in [0, 0.05) is 6.42 Å². The van der Waals surface area contributed by atoms with Crippen molar-refractivity contribution in [3.63, 3.8) is 0 Å². The molecule has 0 heterocycles. The maximum absolute atomic E-state index is 12.4. The Morgan fingerprint density at radius 3 is 2.42 bits per heavy atom. The topological polar surface area (TPSA) is 69.9 Å². The van der Waals surface area contributed by atoms with E-state index in [9.17, 15) is 15.1 Å². The van der Waals surface area contributed by atoms with Crippen LogP contribution in [0.1, 0.15) is 72.1 Å². The number of aliphatic hydroxyl groups is 1. The van der Waals surface area contributed by atoms with Crippen molar-refractivity contribution in [1.82, 2.24) is 0 Å². The Kier molecular flexibility index (Phi) is 3.14. The van der Waals surface area contributed by atoms with Gasteiger partial charge in [-0.25, -0.2) is 0 Å². The smallest absolute Gasteiger partial charge is 0.203 e. The summed E-state index contributed by atoms with van der Waals surface area (Å²) in [7, 11) is 0. The van der Waals surface area contributed by atoms with Gasteiger partial charge in [-0.05, 0) is 91.9 Å². The molecule has 0 amide bonds. The van der Waals surface area contributed by atoms with Crippen LogP contribution in [0.15, 0.2) is 16.8 Å². The molecule has 0 saturated heterocycles. The molecular formula is C22H31NO3. The van der Waals surface area contributed by atoms with E-state index in [1.54, 1.807) is 0 Å². The molecule has 0 aromatic rings. The van der Waals surface area contributed by atoms with Crippen molar-refractivity contribution in [3.05, 3.63) is 11.6 Å². The third-order valence-electron chi connectivity index (χ3n) is 9.70. The number of nitrogens with zero attached hydrogens (tertiary/aromatic N) is 1. The Bertz CT molecular complexity index is 746. The fraction of sp³-hybridized carbons (Fsp3) is 0.818. The molecule has 1 spiro atoms. The van der Waals surface area contributed by atoms with Crippen molar-refractivity contribution < 1.29 is 15.1 Å². The second-order valence-electron chi connectivity index (χ2n) is 10.7. The van der Waals surface area contributed by atoms with Gasteiger partial charge in [0.15, 0.2) is 0 Å². The molecule has 0 radical (unpaired) electrons. The van der Waals surface area contributed by atoms with E-state index in [2.05, 4.69) is 19.0 Å². The molecule has 5 aliphatic rings. The quantitative estimate of drug-likeness (QED) is 0.506. The van der Waals surface area contributed by atoms with Crippen LogP contribution < -0.4 is 0 Å². The lowest BCUT2D eigenvalue weighted by atomic mass is 9.44. The number of allylic oxidation sites excluding steroid dienone is 1. The fourth-order valence-electron chi connectivity index (χ4n) is 7.88. The summed E-state index contributed by atoms with van der Waals surface area (Å²) in [5.74, 6) is 1.62. The zero-order valence-corrected chi connectivity index (χ0v) is 16.2. The van der Waals surface area contributed by atoms with Gasteiger partial charge in [-0.1, -0.05) is 24.6 Å². The molecule has 0 aromatic heterocycles. The zero-order chi connectivity index (χ0) is 18.5. The van der Waals surface area contributed by atoms with E-state index in [1.165, 1.54) is 24.8 Å². The molecule has 142 valence electrons. The summed E-state index contributed by atoms with van der Waals surface area (Å²) in [6.45, 7) is 6.69. The van der Waals surface area contributed by atoms with Gasteiger partial charge >= 0.3 is 0 Å².